The van der Waals surface area contributed by atoms with E-state index in [1.54, 1.807) is 0 Å². The summed E-state index contributed by atoms with van der Waals surface area (Å²) >= 11 is 0. The lowest BCUT2D eigenvalue weighted by molar-refractivity contribution is 0.725. The van der Waals surface area contributed by atoms with Crippen molar-refractivity contribution in [2.45, 2.75) is 27.3 Å². The van der Waals surface area contributed by atoms with Crippen LogP contribution in [0, 0.1) is 13.8 Å². The molecule has 0 amide bonds. The van der Waals surface area contributed by atoms with Crippen LogP contribution in [0.2, 0.25) is 0 Å². The molecule has 0 saturated heterocycles. The first-order valence-electron chi connectivity index (χ1n) is 6.02. The molecule has 0 spiro atoms. The molecule has 0 fully saturated rings. The van der Waals surface area contributed by atoms with E-state index in [4.69, 9.17) is 0 Å². The Bertz CT molecular complexity index is 500. The predicted molar refractivity (Wildman–Crippen MR) is 70.4 cm³/mol. The van der Waals surface area contributed by atoms with Crippen molar-refractivity contribution in [2.24, 2.45) is 0 Å². The van der Waals surface area contributed by atoms with Gasteiger partial charge in [-0.1, -0.05) is 19.1 Å². The van der Waals surface area contributed by atoms with Gasteiger partial charge in [0.25, 0.3) is 0 Å². The third-order valence-corrected chi connectivity index (χ3v) is 2.81. The molecule has 0 atom stereocenters. The lowest BCUT2D eigenvalue weighted by atomic mass is 10.1. The smallest absolute Gasteiger partial charge is 0.0678 e. The van der Waals surface area contributed by atoms with Gasteiger partial charge in [-0.05, 0) is 43.1 Å². The Labute approximate surface area is 102 Å². The van der Waals surface area contributed by atoms with Gasteiger partial charge in [0.05, 0.1) is 11.9 Å². The summed E-state index contributed by atoms with van der Waals surface area (Å²) in [7, 11) is 0. The number of hydrogen-bond donors (Lipinski definition) is 1. The van der Waals surface area contributed by atoms with Crippen molar-refractivity contribution in [3.8, 4) is 5.69 Å². The van der Waals surface area contributed by atoms with Crippen LogP contribution in [0.1, 0.15) is 23.6 Å². The van der Waals surface area contributed by atoms with E-state index >= 15 is 0 Å². The lowest BCUT2D eigenvalue weighted by Gasteiger charge is -2.09. The van der Waals surface area contributed by atoms with Gasteiger partial charge in [0, 0.05) is 12.7 Å². The highest BCUT2D eigenvalue weighted by atomic mass is 15.3. The van der Waals surface area contributed by atoms with E-state index in [0.717, 1.165) is 18.8 Å². The summed E-state index contributed by atoms with van der Waals surface area (Å²) in [6, 6.07) is 6.52. The molecule has 0 saturated carbocycles. The third kappa shape index (κ3) is 2.74. The van der Waals surface area contributed by atoms with Crippen LogP contribution in [0.15, 0.2) is 30.6 Å². The summed E-state index contributed by atoms with van der Waals surface area (Å²) in [5, 5.41) is 7.70. The second-order valence-corrected chi connectivity index (χ2v) is 4.36. The van der Waals surface area contributed by atoms with E-state index in [2.05, 4.69) is 55.6 Å². The molecule has 90 valence electrons. The van der Waals surface area contributed by atoms with Crippen molar-refractivity contribution in [3.63, 3.8) is 0 Å². The molecule has 3 nitrogen and oxygen atoms in total. The minimum absolute atomic E-state index is 0.907. The minimum Gasteiger partial charge on any atom is -0.313 e. The molecule has 0 aliphatic carbocycles. The normalized spacial score (nSPS) is 10.8. The predicted octanol–water partition coefficient (Wildman–Crippen LogP) is 2.60. The Morgan fingerprint density at radius 1 is 1.29 bits per heavy atom. The van der Waals surface area contributed by atoms with Gasteiger partial charge in [-0.3, -0.25) is 0 Å². The van der Waals surface area contributed by atoms with Crippen LogP contribution in [-0.4, -0.2) is 16.3 Å². The molecule has 1 aromatic heterocycles. The standard InChI is InChI=1S/C14H19N3/c1-4-15-9-13-6-5-12(3)14(7-13)17-10-11(2)8-16-17/h5-8,10,15H,4,9H2,1-3H3. The summed E-state index contributed by atoms with van der Waals surface area (Å²) < 4.78 is 1.94. The first-order valence-corrected chi connectivity index (χ1v) is 6.02. The molecule has 0 radical (unpaired) electrons. The van der Waals surface area contributed by atoms with Crippen molar-refractivity contribution in [3.05, 3.63) is 47.3 Å². The molecule has 1 heterocycles. The summed E-state index contributed by atoms with van der Waals surface area (Å²) in [6.07, 6.45) is 3.94. The monoisotopic (exact) mass is 229 g/mol. The molecular formula is C14H19N3. The molecule has 17 heavy (non-hydrogen) atoms. The van der Waals surface area contributed by atoms with Gasteiger partial charge in [-0.2, -0.15) is 5.10 Å². The first-order chi connectivity index (χ1) is 8.20. The molecule has 0 aliphatic rings. The number of nitrogens with zero attached hydrogens (tertiary/aromatic N) is 2. The fraction of sp³-hybridized carbons (Fsp3) is 0.357. The van der Waals surface area contributed by atoms with Crippen molar-refractivity contribution in [1.29, 1.82) is 0 Å². The maximum absolute atomic E-state index is 4.36. The Hall–Kier alpha value is -1.61. The minimum atomic E-state index is 0.907. The Kier molecular flexibility index (Phi) is 3.59. The van der Waals surface area contributed by atoms with Crippen molar-refractivity contribution in [1.82, 2.24) is 15.1 Å². The topological polar surface area (TPSA) is 29.9 Å². The van der Waals surface area contributed by atoms with Gasteiger partial charge in [0.2, 0.25) is 0 Å². The van der Waals surface area contributed by atoms with Crippen LogP contribution in [0.4, 0.5) is 0 Å². The average Bonchev–Trinajstić information content (AvgIpc) is 2.75. The largest absolute Gasteiger partial charge is 0.313 e. The fourth-order valence-corrected chi connectivity index (χ4v) is 1.83. The zero-order valence-corrected chi connectivity index (χ0v) is 10.7. The van der Waals surface area contributed by atoms with Crippen LogP contribution in [0.25, 0.3) is 5.69 Å². The van der Waals surface area contributed by atoms with E-state index in [9.17, 15) is 0 Å². The van der Waals surface area contributed by atoms with Crippen LogP contribution < -0.4 is 5.32 Å². The van der Waals surface area contributed by atoms with E-state index < -0.39 is 0 Å². The fourth-order valence-electron chi connectivity index (χ4n) is 1.83. The van der Waals surface area contributed by atoms with Crippen molar-refractivity contribution >= 4 is 0 Å². The third-order valence-electron chi connectivity index (χ3n) is 2.81. The van der Waals surface area contributed by atoms with Gasteiger partial charge < -0.3 is 5.32 Å². The van der Waals surface area contributed by atoms with Gasteiger partial charge in [0.1, 0.15) is 0 Å². The lowest BCUT2D eigenvalue weighted by Crippen LogP contribution is -2.12. The van der Waals surface area contributed by atoms with Gasteiger partial charge in [-0.25, -0.2) is 4.68 Å². The van der Waals surface area contributed by atoms with Crippen LogP contribution >= 0.6 is 0 Å². The number of rotatable bonds is 4. The highest BCUT2D eigenvalue weighted by Crippen LogP contribution is 2.16. The zero-order valence-electron chi connectivity index (χ0n) is 10.7. The maximum atomic E-state index is 4.36. The molecule has 0 aliphatic heterocycles. The number of nitrogens with one attached hydrogen (secondary N) is 1. The Balaban J connectivity index is 2.32. The Morgan fingerprint density at radius 2 is 2.12 bits per heavy atom. The molecule has 0 unspecified atom stereocenters. The molecule has 0 bridgehead atoms. The van der Waals surface area contributed by atoms with E-state index in [0.29, 0.717) is 0 Å². The van der Waals surface area contributed by atoms with Gasteiger partial charge in [0.15, 0.2) is 0 Å². The van der Waals surface area contributed by atoms with Gasteiger partial charge in [-0.15, -0.1) is 0 Å². The summed E-state index contributed by atoms with van der Waals surface area (Å²) in [6.45, 7) is 8.19. The zero-order chi connectivity index (χ0) is 12.3. The Morgan fingerprint density at radius 3 is 2.76 bits per heavy atom. The SMILES string of the molecule is CCNCc1ccc(C)c(-n2cc(C)cn2)c1. The average molecular weight is 229 g/mol. The number of aryl methyl sites for hydroxylation is 2. The second kappa shape index (κ2) is 5.15. The van der Waals surface area contributed by atoms with E-state index in [1.165, 1.54) is 16.7 Å². The highest BCUT2D eigenvalue weighted by molar-refractivity contribution is 5.43. The molecule has 1 aromatic carbocycles. The van der Waals surface area contributed by atoms with Crippen molar-refractivity contribution in [2.75, 3.05) is 6.54 Å². The molecule has 1 N–H and O–H groups in total. The summed E-state index contributed by atoms with van der Waals surface area (Å²) in [4.78, 5) is 0. The molecular weight excluding hydrogens is 210 g/mol. The quantitative estimate of drug-likeness (QED) is 0.873. The highest BCUT2D eigenvalue weighted by Gasteiger charge is 2.03. The second-order valence-electron chi connectivity index (χ2n) is 4.36. The number of aromatic nitrogens is 2. The van der Waals surface area contributed by atoms with Crippen LogP contribution in [0.5, 0.6) is 0 Å². The summed E-state index contributed by atoms with van der Waals surface area (Å²) in [5.74, 6) is 0. The summed E-state index contributed by atoms with van der Waals surface area (Å²) in [5.41, 5.74) is 4.88. The maximum Gasteiger partial charge on any atom is 0.0678 e. The number of benzene rings is 1. The van der Waals surface area contributed by atoms with Crippen LogP contribution in [-0.2, 0) is 6.54 Å². The van der Waals surface area contributed by atoms with Crippen molar-refractivity contribution < 1.29 is 0 Å². The van der Waals surface area contributed by atoms with Gasteiger partial charge >= 0.3 is 0 Å². The molecule has 2 aromatic rings. The molecule has 3 heteroatoms. The molecule has 2 rings (SSSR count). The first kappa shape index (κ1) is 11.9. The van der Waals surface area contributed by atoms with E-state index in [1.807, 2.05) is 10.9 Å². The van der Waals surface area contributed by atoms with Crippen LogP contribution in [0.3, 0.4) is 0 Å². The van der Waals surface area contributed by atoms with E-state index in [-0.39, 0.29) is 0 Å². The number of hydrogen-bond acceptors (Lipinski definition) is 2.